The van der Waals surface area contributed by atoms with E-state index in [0.29, 0.717) is 36.7 Å². The lowest BCUT2D eigenvalue weighted by Gasteiger charge is -2.25. The Morgan fingerprint density at radius 1 is 1.37 bits per heavy atom. The van der Waals surface area contributed by atoms with E-state index >= 15 is 0 Å². The van der Waals surface area contributed by atoms with Crippen molar-refractivity contribution in [2.75, 3.05) is 23.3 Å². The highest BCUT2D eigenvalue weighted by Gasteiger charge is 2.17. The number of nitrogens with one attached hydrogen (secondary N) is 1. The van der Waals surface area contributed by atoms with Gasteiger partial charge >= 0.3 is 5.97 Å². The van der Waals surface area contributed by atoms with E-state index in [1.54, 1.807) is 6.08 Å². The Bertz CT molecular complexity index is 524. The molecule has 0 spiro atoms. The Morgan fingerprint density at radius 3 is 2.53 bits per heavy atom. The standard InChI is InChI=1S/C12H14N4O3/c1-8(17)15-10-6-13-12(14-7-10)16-4-2-9(3-5-16)11(18)19/h2,6-7H,3-5H2,1H3,(H,15,17)(H,18,19). The number of carboxylic acids is 1. The number of carboxylic acid groups (broad SMARTS) is 1. The van der Waals surface area contributed by atoms with Gasteiger partial charge in [0, 0.05) is 25.6 Å². The first-order chi connectivity index (χ1) is 9.06. The maximum atomic E-state index is 10.9. The number of hydrogen-bond acceptors (Lipinski definition) is 5. The first-order valence-corrected chi connectivity index (χ1v) is 5.83. The normalized spacial score (nSPS) is 14.8. The van der Waals surface area contributed by atoms with E-state index < -0.39 is 5.97 Å². The molecule has 0 fully saturated rings. The van der Waals surface area contributed by atoms with Crippen molar-refractivity contribution in [3.63, 3.8) is 0 Å². The van der Waals surface area contributed by atoms with Crippen LogP contribution in [0.5, 0.6) is 0 Å². The van der Waals surface area contributed by atoms with Crippen LogP contribution in [0.1, 0.15) is 13.3 Å². The zero-order valence-corrected chi connectivity index (χ0v) is 10.5. The Kier molecular flexibility index (Phi) is 3.74. The minimum atomic E-state index is -0.874. The predicted molar refractivity (Wildman–Crippen MR) is 68.9 cm³/mol. The van der Waals surface area contributed by atoms with Gasteiger partial charge in [-0.1, -0.05) is 6.08 Å². The Balaban J connectivity index is 2.04. The second-order valence-electron chi connectivity index (χ2n) is 4.18. The van der Waals surface area contributed by atoms with Crippen LogP contribution in [0.15, 0.2) is 24.0 Å². The van der Waals surface area contributed by atoms with Gasteiger partial charge in [-0.2, -0.15) is 0 Å². The molecule has 1 aliphatic rings. The summed E-state index contributed by atoms with van der Waals surface area (Å²) in [6.07, 6.45) is 5.18. The fourth-order valence-electron chi connectivity index (χ4n) is 1.80. The maximum absolute atomic E-state index is 10.9. The van der Waals surface area contributed by atoms with Crippen LogP contribution in [0, 0.1) is 0 Å². The Hall–Kier alpha value is -2.44. The van der Waals surface area contributed by atoms with E-state index in [2.05, 4.69) is 15.3 Å². The third-order valence-corrected chi connectivity index (χ3v) is 2.73. The Labute approximate surface area is 110 Å². The zero-order chi connectivity index (χ0) is 13.8. The van der Waals surface area contributed by atoms with Crippen LogP contribution in [0.4, 0.5) is 11.6 Å². The van der Waals surface area contributed by atoms with E-state index in [1.165, 1.54) is 19.3 Å². The predicted octanol–water partition coefficient (Wildman–Crippen LogP) is 0.656. The highest BCUT2D eigenvalue weighted by molar-refractivity contribution is 5.88. The van der Waals surface area contributed by atoms with Crippen LogP contribution in [0.2, 0.25) is 0 Å². The molecule has 2 heterocycles. The molecule has 2 rings (SSSR count). The van der Waals surface area contributed by atoms with Crippen molar-refractivity contribution in [2.45, 2.75) is 13.3 Å². The number of aliphatic carboxylic acids is 1. The molecule has 1 aromatic heterocycles. The first-order valence-electron chi connectivity index (χ1n) is 5.83. The third kappa shape index (κ3) is 3.27. The number of rotatable bonds is 3. The van der Waals surface area contributed by atoms with Crippen molar-refractivity contribution < 1.29 is 14.7 Å². The topological polar surface area (TPSA) is 95.4 Å². The lowest BCUT2D eigenvalue weighted by atomic mass is 10.1. The van der Waals surface area contributed by atoms with Gasteiger partial charge in [0.1, 0.15) is 0 Å². The van der Waals surface area contributed by atoms with Crippen molar-refractivity contribution >= 4 is 23.5 Å². The van der Waals surface area contributed by atoms with Gasteiger partial charge in [-0.05, 0) is 6.42 Å². The molecule has 1 aliphatic heterocycles. The number of carbonyl (C=O) groups is 2. The van der Waals surface area contributed by atoms with Crippen LogP contribution in [-0.4, -0.2) is 40.0 Å². The molecule has 7 heteroatoms. The van der Waals surface area contributed by atoms with Crippen LogP contribution in [0.25, 0.3) is 0 Å². The van der Waals surface area contributed by atoms with Gasteiger partial charge in [0.05, 0.1) is 18.1 Å². The summed E-state index contributed by atoms with van der Waals surface area (Å²) in [6, 6.07) is 0. The van der Waals surface area contributed by atoms with E-state index in [1.807, 2.05) is 4.90 Å². The smallest absolute Gasteiger partial charge is 0.331 e. The van der Waals surface area contributed by atoms with Crippen molar-refractivity contribution in [3.05, 3.63) is 24.0 Å². The molecule has 0 radical (unpaired) electrons. The molecular formula is C12H14N4O3. The van der Waals surface area contributed by atoms with Crippen molar-refractivity contribution in [3.8, 4) is 0 Å². The van der Waals surface area contributed by atoms with E-state index in [-0.39, 0.29) is 5.91 Å². The van der Waals surface area contributed by atoms with Gasteiger partial charge in [-0.3, -0.25) is 4.79 Å². The number of aromatic nitrogens is 2. The minimum Gasteiger partial charge on any atom is -0.478 e. The summed E-state index contributed by atoms with van der Waals surface area (Å²) >= 11 is 0. The van der Waals surface area contributed by atoms with Crippen LogP contribution in [0.3, 0.4) is 0 Å². The molecule has 1 aromatic rings. The average Bonchev–Trinajstić information content (AvgIpc) is 2.39. The molecule has 0 aliphatic carbocycles. The molecule has 7 nitrogen and oxygen atoms in total. The summed E-state index contributed by atoms with van der Waals surface area (Å²) < 4.78 is 0. The summed E-state index contributed by atoms with van der Waals surface area (Å²) in [5.74, 6) is -0.528. The lowest BCUT2D eigenvalue weighted by molar-refractivity contribution is -0.132. The second kappa shape index (κ2) is 5.47. The molecular weight excluding hydrogens is 248 g/mol. The molecule has 0 saturated heterocycles. The molecule has 0 aromatic carbocycles. The fourth-order valence-corrected chi connectivity index (χ4v) is 1.80. The van der Waals surface area contributed by atoms with Gasteiger partial charge < -0.3 is 15.3 Å². The molecule has 100 valence electrons. The second-order valence-corrected chi connectivity index (χ2v) is 4.18. The van der Waals surface area contributed by atoms with Crippen LogP contribution >= 0.6 is 0 Å². The average molecular weight is 262 g/mol. The van der Waals surface area contributed by atoms with Crippen molar-refractivity contribution in [1.82, 2.24) is 9.97 Å². The molecule has 0 bridgehead atoms. The quantitative estimate of drug-likeness (QED) is 0.830. The summed E-state index contributed by atoms with van der Waals surface area (Å²) in [4.78, 5) is 31.8. The molecule has 0 unspecified atom stereocenters. The summed E-state index contributed by atoms with van der Waals surface area (Å²) in [7, 11) is 0. The lowest BCUT2D eigenvalue weighted by Crippen LogP contribution is -2.31. The first kappa shape index (κ1) is 13.0. The largest absolute Gasteiger partial charge is 0.478 e. The van der Waals surface area contributed by atoms with Gasteiger partial charge in [0.25, 0.3) is 0 Å². The summed E-state index contributed by atoms with van der Waals surface area (Å²) in [5, 5.41) is 11.4. The molecule has 0 atom stereocenters. The highest BCUT2D eigenvalue weighted by atomic mass is 16.4. The van der Waals surface area contributed by atoms with Gasteiger partial charge in [-0.15, -0.1) is 0 Å². The monoisotopic (exact) mass is 262 g/mol. The van der Waals surface area contributed by atoms with E-state index in [9.17, 15) is 9.59 Å². The van der Waals surface area contributed by atoms with Gasteiger partial charge in [0.2, 0.25) is 11.9 Å². The number of anilines is 2. The SMILES string of the molecule is CC(=O)Nc1cnc(N2CC=C(C(=O)O)CC2)nc1. The van der Waals surface area contributed by atoms with Crippen molar-refractivity contribution in [1.29, 1.82) is 0 Å². The number of hydrogen-bond donors (Lipinski definition) is 2. The molecule has 1 amide bonds. The molecule has 0 saturated carbocycles. The Morgan fingerprint density at radius 2 is 2.05 bits per heavy atom. The van der Waals surface area contributed by atoms with Gasteiger partial charge in [0.15, 0.2) is 0 Å². The van der Waals surface area contributed by atoms with Crippen LogP contribution in [-0.2, 0) is 9.59 Å². The van der Waals surface area contributed by atoms with Crippen LogP contribution < -0.4 is 10.2 Å². The zero-order valence-electron chi connectivity index (χ0n) is 10.5. The van der Waals surface area contributed by atoms with Gasteiger partial charge in [-0.25, -0.2) is 14.8 Å². The van der Waals surface area contributed by atoms with E-state index in [0.717, 1.165) is 0 Å². The van der Waals surface area contributed by atoms with Crippen molar-refractivity contribution in [2.24, 2.45) is 0 Å². The summed E-state index contributed by atoms with van der Waals surface area (Å²) in [6.45, 7) is 2.45. The number of amides is 1. The minimum absolute atomic E-state index is 0.177. The molecule has 2 N–H and O–H groups in total. The molecule has 19 heavy (non-hydrogen) atoms. The van der Waals surface area contributed by atoms with E-state index in [4.69, 9.17) is 5.11 Å². The highest BCUT2D eigenvalue weighted by Crippen LogP contribution is 2.16. The third-order valence-electron chi connectivity index (χ3n) is 2.73. The summed E-state index contributed by atoms with van der Waals surface area (Å²) in [5.41, 5.74) is 0.959. The number of nitrogens with zero attached hydrogens (tertiary/aromatic N) is 3. The fraction of sp³-hybridized carbons (Fsp3) is 0.333. The maximum Gasteiger partial charge on any atom is 0.331 e. The number of carbonyl (C=O) groups excluding carboxylic acids is 1.